The second kappa shape index (κ2) is 11.2. The van der Waals surface area contributed by atoms with Gasteiger partial charge in [-0.2, -0.15) is 5.10 Å². The number of hydrogen-bond acceptors (Lipinski definition) is 6. The minimum Gasteiger partial charge on any atom is -0.496 e. The maximum absolute atomic E-state index is 12.1. The first-order chi connectivity index (χ1) is 16.2. The zero-order chi connectivity index (χ0) is 22.9. The Balaban J connectivity index is 1.28. The van der Waals surface area contributed by atoms with Gasteiger partial charge >= 0.3 is 0 Å². The monoisotopic (exact) mass is 445 g/mol. The van der Waals surface area contributed by atoms with Crippen molar-refractivity contribution in [3.05, 3.63) is 78.4 Å². The Morgan fingerprint density at radius 3 is 2.48 bits per heavy atom. The van der Waals surface area contributed by atoms with Crippen LogP contribution in [0.5, 0.6) is 11.5 Å². The van der Waals surface area contributed by atoms with Crippen LogP contribution in [0.25, 0.3) is 11.1 Å². The standard InChI is InChI=1S/C26H27N3O4/c1-31-25-17-23(29-13-15-32-16-14-29)10-7-22(25)18-27-28-26(30)19-33-24-11-8-21(9-12-24)20-5-3-2-4-6-20/h2-12,17-18H,13-16,19H2,1H3,(H,28,30)/b27-18+. The normalized spacial score (nSPS) is 13.7. The van der Waals surface area contributed by atoms with Crippen molar-refractivity contribution in [3.63, 3.8) is 0 Å². The summed E-state index contributed by atoms with van der Waals surface area (Å²) >= 11 is 0. The number of hydrogen-bond donors (Lipinski definition) is 1. The largest absolute Gasteiger partial charge is 0.496 e. The molecule has 1 heterocycles. The Morgan fingerprint density at radius 1 is 1.03 bits per heavy atom. The lowest BCUT2D eigenvalue weighted by Crippen LogP contribution is -2.36. The van der Waals surface area contributed by atoms with Gasteiger partial charge in [-0.25, -0.2) is 5.43 Å². The topological polar surface area (TPSA) is 72.4 Å². The molecule has 170 valence electrons. The van der Waals surface area contributed by atoms with Crippen LogP contribution in [-0.2, 0) is 9.53 Å². The third-order valence-electron chi connectivity index (χ3n) is 5.32. The molecular weight excluding hydrogens is 418 g/mol. The summed E-state index contributed by atoms with van der Waals surface area (Å²) < 4.78 is 16.5. The van der Waals surface area contributed by atoms with Crippen LogP contribution in [0.4, 0.5) is 5.69 Å². The lowest BCUT2D eigenvalue weighted by molar-refractivity contribution is -0.123. The van der Waals surface area contributed by atoms with Gasteiger partial charge in [0, 0.05) is 30.4 Å². The summed E-state index contributed by atoms with van der Waals surface area (Å²) in [7, 11) is 1.62. The van der Waals surface area contributed by atoms with E-state index in [-0.39, 0.29) is 12.5 Å². The summed E-state index contributed by atoms with van der Waals surface area (Å²) in [5, 5.41) is 4.04. The van der Waals surface area contributed by atoms with Crippen molar-refractivity contribution in [2.45, 2.75) is 0 Å². The third-order valence-corrected chi connectivity index (χ3v) is 5.32. The molecule has 1 saturated heterocycles. The van der Waals surface area contributed by atoms with E-state index in [0.29, 0.717) is 11.5 Å². The van der Waals surface area contributed by atoms with Crippen LogP contribution >= 0.6 is 0 Å². The van der Waals surface area contributed by atoms with Gasteiger partial charge in [0.25, 0.3) is 5.91 Å². The molecule has 1 amide bonds. The van der Waals surface area contributed by atoms with Crippen molar-refractivity contribution in [2.75, 3.05) is 44.9 Å². The van der Waals surface area contributed by atoms with E-state index in [0.717, 1.165) is 48.7 Å². The molecule has 3 aromatic rings. The number of anilines is 1. The molecule has 0 saturated carbocycles. The number of methoxy groups -OCH3 is 1. The molecule has 7 heteroatoms. The second-order valence-corrected chi connectivity index (χ2v) is 7.50. The molecule has 0 atom stereocenters. The van der Waals surface area contributed by atoms with Crippen LogP contribution in [0.15, 0.2) is 77.9 Å². The number of benzene rings is 3. The van der Waals surface area contributed by atoms with E-state index in [2.05, 4.69) is 15.4 Å². The minimum atomic E-state index is -0.345. The molecule has 0 bridgehead atoms. The van der Waals surface area contributed by atoms with E-state index in [1.807, 2.05) is 72.8 Å². The molecule has 0 aromatic heterocycles. The number of rotatable bonds is 8. The van der Waals surface area contributed by atoms with Gasteiger partial charge in [-0.15, -0.1) is 0 Å². The Labute approximate surface area is 193 Å². The van der Waals surface area contributed by atoms with Crippen molar-refractivity contribution >= 4 is 17.8 Å². The first kappa shape index (κ1) is 22.4. The van der Waals surface area contributed by atoms with Crippen LogP contribution in [-0.4, -0.2) is 52.1 Å². The number of ether oxygens (including phenoxy) is 3. The maximum atomic E-state index is 12.1. The fourth-order valence-electron chi connectivity index (χ4n) is 3.55. The van der Waals surface area contributed by atoms with Gasteiger partial charge in [-0.05, 0) is 35.4 Å². The highest BCUT2D eigenvalue weighted by Gasteiger charge is 2.13. The molecule has 1 fully saturated rings. The Morgan fingerprint density at radius 2 is 1.76 bits per heavy atom. The van der Waals surface area contributed by atoms with Crippen molar-refractivity contribution in [1.29, 1.82) is 0 Å². The van der Waals surface area contributed by atoms with Crippen LogP contribution in [0, 0.1) is 0 Å². The number of carbonyl (C=O) groups is 1. The molecule has 4 rings (SSSR count). The highest BCUT2D eigenvalue weighted by molar-refractivity contribution is 5.86. The van der Waals surface area contributed by atoms with Gasteiger partial charge in [-0.3, -0.25) is 4.79 Å². The smallest absolute Gasteiger partial charge is 0.277 e. The quantitative estimate of drug-likeness (QED) is 0.423. The van der Waals surface area contributed by atoms with Crippen LogP contribution < -0.4 is 19.8 Å². The van der Waals surface area contributed by atoms with Crippen molar-refractivity contribution < 1.29 is 19.0 Å². The number of morpholine rings is 1. The number of nitrogens with zero attached hydrogens (tertiary/aromatic N) is 2. The molecule has 0 spiro atoms. The van der Waals surface area contributed by atoms with Gasteiger partial charge < -0.3 is 19.1 Å². The van der Waals surface area contributed by atoms with E-state index in [9.17, 15) is 4.79 Å². The SMILES string of the molecule is COc1cc(N2CCOCC2)ccc1/C=N/NC(=O)COc1ccc(-c2ccccc2)cc1. The Bertz CT molecular complexity index is 1080. The zero-order valence-electron chi connectivity index (χ0n) is 18.6. The number of nitrogens with one attached hydrogen (secondary N) is 1. The molecule has 33 heavy (non-hydrogen) atoms. The van der Waals surface area contributed by atoms with Gasteiger partial charge in [-0.1, -0.05) is 42.5 Å². The van der Waals surface area contributed by atoms with E-state index in [4.69, 9.17) is 14.2 Å². The van der Waals surface area contributed by atoms with Gasteiger partial charge in [0.05, 0.1) is 26.5 Å². The van der Waals surface area contributed by atoms with Crippen LogP contribution in [0.3, 0.4) is 0 Å². The number of hydrazone groups is 1. The summed E-state index contributed by atoms with van der Waals surface area (Å²) in [4.78, 5) is 14.4. The molecule has 0 unspecified atom stereocenters. The summed E-state index contributed by atoms with van der Waals surface area (Å²) in [5.74, 6) is 0.961. The number of amides is 1. The van der Waals surface area contributed by atoms with Crippen molar-refractivity contribution in [1.82, 2.24) is 5.43 Å². The second-order valence-electron chi connectivity index (χ2n) is 7.50. The molecule has 1 aliphatic rings. The highest BCUT2D eigenvalue weighted by Crippen LogP contribution is 2.25. The third kappa shape index (κ3) is 6.11. The fraction of sp³-hybridized carbons (Fsp3) is 0.231. The van der Waals surface area contributed by atoms with E-state index < -0.39 is 0 Å². The van der Waals surface area contributed by atoms with Gasteiger partial charge in [0.15, 0.2) is 6.61 Å². The van der Waals surface area contributed by atoms with Crippen LogP contribution in [0.1, 0.15) is 5.56 Å². The summed E-state index contributed by atoms with van der Waals surface area (Å²) in [6, 6.07) is 23.6. The summed E-state index contributed by atoms with van der Waals surface area (Å²) in [5.41, 5.74) is 6.55. The summed E-state index contributed by atoms with van der Waals surface area (Å²) in [6.45, 7) is 3.01. The Hall–Kier alpha value is -3.84. The maximum Gasteiger partial charge on any atom is 0.277 e. The molecule has 1 N–H and O–H groups in total. The predicted molar refractivity (Wildman–Crippen MR) is 129 cm³/mol. The lowest BCUT2D eigenvalue weighted by atomic mass is 10.1. The molecule has 0 radical (unpaired) electrons. The van der Waals surface area contributed by atoms with Gasteiger partial charge in [0.2, 0.25) is 0 Å². The lowest BCUT2D eigenvalue weighted by Gasteiger charge is -2.29. The average molecular weight is 446 g/mol. The van der Waals surface area contributed by atoms with Gasteiger partial charge in [0.1, 0.15) is 11.5 Å². The van der Waals surface area contributed by atoms with Crippen molar-refractivity contribution in [3.8, 4) is 22.6 Å². The molecule has 1 aliphatic heterocycles. The summed E-state index contributed by atoms with van der Waals surface area (Å²) in [6.07, 6.45) is 1.56. The Kier molecular flexibility index (Phi) is 7.56. The van der Waals surface area contributed by atoms with Crippen molar-refractivity contribution in [2.24, 2.45) is 5.10 Å². The average Bonchev–Trinajstić information content (AvgIpc) is 2.89. The molecular formula is C26H27N3O4. The molecule has 0 aliphatic carbocycles. The van der Waals surface area contributed by atoms with E-state index in [1.165, 1.54) is 0 Å². The molecule has 7 nitrogen and oxygen atoms in total. The highest BCUT2D eigenvalue weighted by atomic mass is 16.5. The zero-order valence-corrected chi connectivity index (χ0v) is 18.6. The first-order valence-electron chi connectivity index (χ1n) is 10.8. The first-order valence-corrected chi connectivity index (χ1v) is 10.8. The molecule has 3 aromatic carbocycles. The fourth-order valence-corrected chi connectivity index (χ4v) is 3.55. The van der Waals surface area contributed by atoms with E-state index in [1.54, 1.807) is 13.3 Å². The van der Waals surface area contributed by atoms with Crippen LogP contribution in [0.2, 0.25) is 0 Å². The van der Waals surface area contributed by atoms with E-state index >= 15 is 0 Å². The predicted octanol–water partition coefficient (Wildman–Crippen LogP) is 3.73. The minimum absolute atomic E-state index is 0.130. The number of carbonyl (C=O) groups excluding carboxylic acids is 1.